The van der Waals surface area contributed by atoms with Crippen LogP contribution in [0.5, 0.6) is 0 Å². The second-order valence-corrected chi connectivity index (χ2v) is 8.07. The highest BCUT2D eigenvalue weighted by Crippen LogP contribution is 2.23. The van der Waals surface area contributed by atoms with Gasteiger partial charge in [-0.15, -0.1) is 0 Å². The third-order valence-electron chi connectivity index (χ3n) is 5.58. The molecular formula is C20H29ClN4O2. The van der Waals surface area contributed by atoms with Crippen LogP contribution in [-0.2, 0) is 4.79 Å². The molecule has 7 heteroatoms. The van der Waals surface area contributed by atoms with Gasteiger partial charge in [-0.2, -0.15) is 0 Å². The second-order valence-electron chi connectivity index (χ2n) is 7.64. The molecular weight excluding hydrogens is 364 g/mol. The number of carbonyl (C=O) groups excluding carboxylic acids is 2. The highest BCUT2D eigenvalue weighted by atomic mass is 35.5. The summed E-state index contributed by atoms with van der Waals surface area (Å²) in [6.07, 6.45) is 4.77. The van der Waals surface area contributed by atoms with Gasteiger partial charge in [0.2, 0.25) is 5.91 Å². The number of carbonyl (C=O) groups is 2. The first-order chi connectivity index (χ1) is 13.0. The number of nitrogens with one attached hydrogen (secondary N) is 2. The minimum atomic E-state index is -0.113. The minimum absolute atomic E-state index is 0.104. The maximum absolute atomic E-state index is 12.4. The molecule has 3 rings (SSSR count). The Morgan fingerprint density at radius 2 is 1.74 bits per heavy atom. The molecule has 148 valence electrons. The Balaban J connectivity index is 1.39. The van der Waals surface area contributed by atoms with Crippen LogP contribution >= 0.6 is 11.6 Å². The number of rotatable bonds is 4. The summed E-state index contributed by atoms with van der Waals surface area (Å²) in [5, 5.41) is 6.73. The van der Waals surface area contributed by atoms with E-state index in [0.717, 1.165) is 12.1 Å². The van der Waals surface area contributed by atoms with E-state index in [-0.39, 0.29) is 11.9 Å². The maximum Gasteiger partial charge on any atom is 0.321 e. The normalized spacial score (nSPS) is 23.7. The number of nitrogens with zero attached hydrogens (tertiary/aromatic N) is 2. The quantitative estimate of drug-likeness (QED) is 0.827. The van der Waals surface area contributed by atoms with Crippen molar-refractivity contribution in [2.24, 2.45) is 5.92 Å². The number of amides is 3. The lowest BCUT2D eigenvalue weighted by atomic mass is 9.86. The second kappa shape index (κ2) is 9.42. The monoisotopic (exact) mass is 392 g/mol. The lowest BCUT2D eigenvalue weighted by molar-refractivity contribution is -0.123. The fraction of sp³-hybridized carbons (Fsp3) is 0.600. The van der Waals surface area contributed by atoms with E-state index in [1.807, 2.05) is 0 Å². The number of benzene rings is 1. The van der Waals surface area contributed by atoms with Gasteiger partial charge in [0.05, 0.1) is 6.54 Å². The number of urea groups is 1. The van der Waals surface area contributed by atoms with Gasteiger partial charge >= 0.3 is 6.03 Å². The molecule has 0 unspecified atom stereocenters. The smallest absolute Gasteiger partial charge is 0.321 e. The summed E-state index contributed by atoms with van der Waals surface area (Å²) in [6, 6.07) is 7.28. The van der Waals surface area contributed by atoms with Crippen LogP contribution in [-0.4, -0.2) is 60.5 Å². The first kappa shape index (κ1) is 20.0. The molecule has 0 bridgehead atoms. The molecule has 2 atom stereocenters. The molecule has 1 aromatic carbocycles. The van der Waals surface area contributed by atoms with Gasteiger partial charge in [-0.3, -0.25) is 9.69 Å². The first-order valence-electron chi connectivity index (χ1n) is 9.84. The molecule has 0 spiro atoms. The Morgan fingerprint density at radius 1 is 1.07 bits per heavy atom. The van der Waals surface area contributed by atoms with Crippen molar-refractivity contribution in [1.82, 2.24) is 15.1 Å². The highest BCUT2D eigenvalue weighted by molar-refractivity contribution is 6.30. The van der Waals surface area contributed by atoms with Gasteiger partial charge < -0.3 is 15.5 Å². The number of piperazine rings is 1. The predicted molar refractivity (Wildman–Crippen MR) is 108 cm³/mol. The Bertz CT molecular complexity index is 644. The van der Waals surface area contributed by atoms with Crippen LogP contribution in [0.25, 0.3) is 0 Å². The molecule has 1 aliphatic carbocycles. The SMILES string of the molecule is C[C@@H]1CCCC[C@@H]1NC(=O)CN1CCN(C(=O)Nc2ccc(Cl)cc2)CC1. The molecule has 1 saturated carbocycles. The van der Waals surface area contributed by atoms with Crippen LogP contribution in [0.4, 0.5) is 10.5 Å². The van der Waals surface area contributed by atoms with E-state index in [1.165, 1.54) is 19.3 Å². The highest BCUT2D eigenvalue weighted by Gasteiger charge is 2.25. The molecule has 3 amide bonds. The van der Waals surface area contributed by atoms with Gasteiger partial charge in [0, 0.05) is 42.9 Å². The zero-order valence-electron chi connectivity index (χ0n) is 15.9. The largest absolute Gasteiger partial charge is 0.352 e. The molecule has 2 N–H and O–H groups in total. The summed E-state index contributed by atoms with van der Waals surface area (Å²) >= 11 is 5.86. The number of hydrogen-bond acceptors (Lipinski definition) is 3. The van der Waals surface area contributed by atoms with Crippen LogP contribution in [0.3, 0.4) is 0 Å². The molecule has 0 radical (unpaired) electrons. The summed E-state index contributed by atoms with van der Waals surface area (Å²) in [7, 11) is 0. The van der Waals surface area contributed by atoms with Crippen molar-refractivity contribution in [3.05, 3.63) is 29.3 Å². The van der Waals surface area contributed by atoms with Crippen LogP contribution in [0, 0.1) is 5.92 Å². The molecule has 6 nitrogen and oxygen atoms in total. The maximum atomic E-state index is 12.4. The van der Waals surface area contributed by atoms with Crippen molar-refractivity contribution >= 4 is 29.2 Å². The van der Waals surface area contributed by atoms with Crippen molar-refractivity contribution < 1.29 is 9.59 Å². The molecule has 1 aliphatic heterocycles. The average Bonchev–Trinajstić information content (AvgIpc) is 2.66. The van der Waals surface area contributed by atoms with E-state index in [0.29, 0.717) is 49.7 Å². The van der Waals surface area contributed by atoms with E-state index < -0.39 is 0 Å². The standard InChI is InChI=1S/C20H29ClN4O2/c1-15-4-2-3-5-18(15)23-19(26)14-24-10-12-25(13-11-24)20(27)22-17-8-6-16(21)7-9-17/h6-9,15,18H,2-5,10-14H2,1H3,(H,22,27)(H,23,26)/t15-,18+/m1/s1. The predicted octanol–water partition coefficient (Wildman–Crippen LogP) is 3.18. The summed E-state index contributed by atoms with van der Waals surface area (Å²) < 4.78 is 0. The summed E-state index contributed by atoms with van der Waals surface area (Å²) in [4.78, 5) is 28.6. The average molecular weight is 393 g/mol. The van der Waals surface area contributed by atoms with E-state index in [2.05, 4.69) is 22.5 Å². The van der Waals surface area contributed by atoms with E-state index in [9.17, 15) is 9.59 Å². The molecule has 2 aliphatic rings. The fourth-order valence-electron chi connectivity index (χ4n) is 3.83. The third kappa shape index (κ3) is 5.84. The summed E-state index contributed by atoms with van der Waals surface area (Å²) in [6.45, 7) is 5.29. The van der Waals surface area contributed by atoms with Gasteiger partial charge in [-0.1, -0.05) is 31.4 Å². The number of hydrogen-bond donors (Lipinski definition) is 2. The van der Waals surface area contributed by atoms with Crippen LogP contribution in [0.2, 0.25) is 5.02 Å². The van der Waals surface area contributed by atoms with E-state index >= 15 is 0 Å². The molecule has 1 saturated heterocycles. The van der Waals surface area contributed by atoms with Crippen LogP contribution in [0.1, 0.15) is 32.6 Å². The molecule has 2 fully saturated rings. The van der Waals surface area contributed by atoms with Gasteiger partial charge in [0.1, 0.15) is 0 Å². The van der Waals surface area contributed by atoms with Crippen molar-refractivity contribution in [3.63, 3.8) is 0 Å². The van der Waals surface area contributed by atoms with Crippen molar-refractivity contribution in [2.75, 3.05) is 38.0 Å². The van der Waals surface area contributed by atoms with Crippen molar-refractivity contribution in [3.8, 4) is 0 Å². The van der Waals surface area contributed by atoms with Crippen LogP contribution < -0.4 is 10.6 Å². The van der Waals surface area contributed by atoms with Gasteiger partial charge in [-0.25, -0.2) is 4.79 Å². The van der Waals surface area contributed by atoms with Crippen molar-refractivity contribution in [2.45, 2.75) is 38.6 Å². The Hall–Kier alpha value is -1.79. The summed E-state index contributed by atoms with van der Waals surface area (Å²) in [5.74, 6) is 0.670. The van der Waals surface area contributed by atoms with Gasteiger partial charge in [-0.05, 0) is 43.0 Å². The lowest BCUT2D eigenvalue weighted by Gasteiger charge is -2.35. The molecule has 27 heavy (non-hydrogen) atoms. The lowest BCUT2D eigenvalue weighted by Crippen LogP contribution is -2.53. The topological polar surface area (TPSA) is 64.7 Å². The first-order valence-corrected chi connectivity index (χ1v) is 10.2. The third-order valence-corrected chi connectivity index (χ3v) is 5.83. The Labute approximate surface area is 166 Å². The van der Waals surface area contributed by atoms with Crippen molar-refractivity contribution in [1.29, 1.82) is 0 Å². The van der Waals surface area contributed by atoms with E-state index in [4.69, 9.17) is 11.6 Å². The zero-order chi connectivity index (χ0) is 19.2. The Kier molecular flexibility index (Phi) is 6.96. The van der Waals surface area contributed by atoms with E-state index in [1.54, 1.807) is 29.2 Å². The van der Waals surface area contributed by atoms with Gasteiger partial charge in [0.15, 0.2) is 0 Å². The van der Waals surface area contributed by atoms with Crippen LogP contribution in [0.15, 0.2) is 24.3 Å². The fourth-order valence-corrected chi connectivity index (χ4v) is 3.96. The Morgan fingerprint density at radius 3 is 2.41 bits per heavy atom. The number of halogens is 1. The van der Waals surface area contributed by atoms with Gasteiger partial charge in [0.25, 0.3) is 0 Å². The minimum Gasteiger partial charge on any atom is -0.352 e. The zero-order valence-corrected chi connectivity index (χ0v) is 16.7. The molecule has 0 aromatic heterocycles. The number of anilines is 1. The molecule has 1 heterocycles. The molecule has 1 aromatic rings. The summed E-state index contributed by atoms with van der Waals surface area (Å²) in [5.41, 5.74) is 0.729.